The van der Waals surface area contributed by atoms with E-state index in [4.69, 9.17) is 10.2 Å². The molecule has 0 saturated heterocycles. The van der Waals surface area contributed by atoms with Crippen molar-refractivity contribution >= 4 is 12.0 Å². The van der Waals surface area contributed by atoms with E-state index in [0.717, 1.165) is 0 Å². The quantitative estimate of drug-likeness (QED) is 0.723. The second-order valence-electron chi connectivity index (χ2n) is 4.01. The number of nitrogens with one attached hydrogen (secondary N) is 1. The minimum absolute atomic E-state index is 0.126. The van der Waals surface area contributed by atoms with Crippen LogP contribution in [0.5, 0.6) is 0 Å². The van der Waals surface area contributed by atoms with Crippen molar-refractivity contribution in [2.45, 2.75) is 12.6 Å². The number of benzene rings is 1. The van der Waals surface area contributed by atoms with Crippen molar-refractivity contribution in [3.05, 3.63) is 35.6 Å². The topological polar surface area (TPSA) is 89.9 Å². The van der Waals surface area contributed by atoms with Crippen LogP contribution in [0.4, 0.5) is 9.18 Å². The molecule has 0 aliphatic heterocycles. The molecule has 3 N–H and O–H groups in total. The largest absolute Gasteiger partial charge is 0.480 e. The van der Waals surface area contributed by atoms with Crippen LogP contribution in [0.1, 0.15) is 5.56 Å². The van der Waals surface area contributed by atoms with E-state index in [1.807, 2.05) is 0 Å². The molecule has 6 nitrogen and oxygen atoms in total. The van der Waals surface area contributed by atoms with Gasteiger partial charge in [0, 0.05) is 13.6 Å². The summed E-state index contributed by atoms with van der Waals surface area (Å²) in [6.07, 6.45) is 0. The molecule has 0 fully saturated rings. The Morgan fingerprint density at radius 2 is 2.16 bits per heavy atom. The van der Waals surface area contributed by atoms with Crippen LogP contribution in [0, 0.1) is 5.82 Å². The zero-order chi connectivity index (χ0) is 14.4. The van der Waals surface area contributed by atoms with E-state index >= 15 is 0 Å². The van der Waals surface area contributed by atoms with Crippen molar-refractivity contribution in [2.24, 2.45) is 0 Å². The van der Waals surface area contributed by atoms with Crippen LogP contribution in [0.15, 0.2) is 24.3 Å². The number of aliphatic hydroxyl groups is 1. The lowest BCUT2D eigenvalue weighted by Gasteiger charge is -2.20. The molecule has 1 rings (SSSR count). The summed E-state index contributed by atoms with van der Waals surface area (Å²) in [5.41, 5.74) is 0.577. The Labute approximate surface area is 109 Å². The summed E-state index contributed by atoms with van der Waals surface area (Å²) in [5, 5.41) is 19.6. The third-order valence-electron chi connectivity index (χ3n) is 2.43. The van der Waals surface area contributed by atoms with Gasteiger partial charge in [0.15, 0.2) is 6.04 Å². The van der Waals surface area contributed by atoms with Gasteiger partial charge in [0.25, 0.3) is 0 Å². The Hall–Kier alpha value is -2.15. The monoisotopic (exact) mass is 270 g/mol. The maximum absolute atomic E-state index is 13.0. The summed E-state index contributed by atoms with van der Waals surface area (Å²) in [7, 11) is 1.44. The fourth-order valence-corrected chi connectivity index (χ4v) is 1.43. The van der Waals surface area contributed by atoms with E-state index in [2.05, 4.69) is 5.32 Å². The molecule has 1 aromatic carbocycles. The average molecular weight is 270 g/mol. The fourth-order valence-electron chi connectivity index (χ4n) is 1.43. The number of hydrogen-bond donors (Lipinski definition) is 3. The Morgan fingerprint density at radius 3 is 2.68 bits per heavy atom. The van der Waals surface area contributed by atoms with Gasteiger partial charge < -0.3 is 20.4 Å². The zero-order valence-corrected chi connectivity index (χ0v) is 10.3. The first kappa shape index (κ1) is 14.9. The summed E-state index contributed by atoms with van der Waals surface area (Å²) in [5.74, 6) is -1.74. The average Bonchev–Trinajstić information content (AvgIpc) is 2.35. The van der Waals surface area contributed by atoms with Crippen LogP contribution < -0.4 is 5.32 Å². The Balaban J connectivity index is 2.60. The highest BCUT2D eigenvalue weighted by Crippen LogP contribution is 2.06. The molecule has 0 bridgehead atoms. The number of aliphatic hydroxyl groups excluding tert-OH is 1. The van der Waals surface area contributed by atoms with Crippen molar-refractivity contribution in [3.63, 3.8) is 0 Å². The predicted octanol–water partition coefficient (Wildman–Crippen LogP) is 0.413. The molecule has 0 aliphatic carbocycles. The molecular formula is C12H15FN2O4. The van der Waals surface area contributed by atoms with E-state index in [-0.39, 0.29) is 6.54 Å². The number of carboxylic acids is 1. The number of carboxylic acid groups (broad SMARTS) is 1. The van der Waals surface area contributed by atoms with Gasteiger partial charge in [-0.2, -0.15) is 0 Å². The molecule has 104 valence electrons. The van der Waals surface area contributed by atoms with Gasteiger partial charge in [-0.3, -0.25) is 0 Å². The van der Waals surface area contributed by atoms with E-state index in [1.165, 1.54) is 30.1 Å². The maximum Gasteiger partial charge on any atom is 0.328 e. The number of carbonyl (C=O) groups excluding carboxylic acids is 1. The zero-order valence-electron chi connectivity index (χ0n) is 10.3. The Bertz CT molecular complexity index is 467. The van der Waals surface area contributed by atoms with Crippen LogP contribution in [-0.2, 0) is 11.3 Å². The molecule has 1 atom stereocenters. The number of carbonyl (C=O) groups is 2. The number of rotatable bonds is 5. The standard InChI is InChI=1S/C12H15FN2O4/c1-15(6-8-3-2-4-9(13)5-8)12(19)14-10(7-16)11(17)18/h2-5,10,16H,6-7H2,1H3,(H,14,19)(H,17,18). The molecule has 1 unspecified atom stereocenters. The summed E-state index contributed by atoms with van der Waals surface area (Å²) < 4.78 is 13.0. The normalized spacial score (nSPS) is 11.7. The van der Waals surface area contributed by atoms with Crippen molar-refractivity contribution in [3.8, 4) is 0 Å². The molecule has 0 aromatic heterocycles. The molecule has 0 saturated carbocycles. The van der Waals surface area contributed by atoms with Gasteiger partial charge in [-0.15, -0.1) is 0 Å². The highest BCUT2D eigenvalue weighted by Gasteiger charge is 2.20. The second kappa shape index (κ2) is 6.69. The van der Waals surface area contributed by atoms with Crippen molar-refractivity contribution in [1.82, 2.24) is 10.2 Å². The van der Waals surface area contributed by atoms with E-state index in [0.29, 0.717) is 5.56 Å². The van der Waals surface area contributed by atoms with Crippen molar-refractivity contribution < 1.29 is 24.2 Å². The lowest BCUT2D eigenvalue weighted by atomic mass is 10.2. The molecule has 2 amide bonds. The first-order chi connectivity index (χ1) is 8.93. The van der Waals surface area contributed by atoms with Gasteiger partial charge in [0.05, 0.1) is 6.61 Å². The van der Waals surface area contributed by atoms with Crippen molar-refractivity contribution in [1.29, 1.82) is 0 Å². The highest BCUT2D eigenvalue weighted by molar-refractivity contribution is 5.82. The van der Waals surface area contributed by atoms with Gasteiger partial charge in [0.2, 0.25) is 0 Å². The summed E-state index contributed by atoms with van der Waals surface area (Å²) in [6.45, 7) is -0.573. The molecule has 19 heavy (non-hydrogen) atoms. The van der Waals surface area contributed by atoms with Crippen LogP contribution >= 0.6 is 0 Å². The molecular weight excluding hydrogens is 255 g/mol. The molecule has 0 aliphatic rings. The van der Waals surface area contributed by atoms with Crippen LogP contribution in [0.2, 0.25) is 0 Å². The number of hydrogen-bond acceptors (Lipinski definition) is 3. The van der Waals surface area contributed by atoms with E-state index in [1.54, 1.807) is 6.07 Å². The number of aliphatic carboxylic acids is 1. The molecule has 7 heteroatoms. The van der Waals surface area contributed by atoms with Crippen LogP contribution in [0.3, 0.4) is 0 Å². The van der Waals surface area contributed by atoms with Gasteiger partial charge in [-0.1, -0.05) is 12.1 Å². The molecule has 0 spiro atoms. The first-order valence-corrected chi connectivity index (χ1v) is 5.53. The van der Waals surface area contributed by atoms with Crippen molar-refractivity contribution in [2.75, 3.05) is 13.7 Å². The van der Waals surface area contributed by atoms with Gasteiger partial charge in [-0.05, 0) is 17.7 Å². The number of halogens is 1. The highest BCUT2D eigenvalue weighted by atomic mass is 19.1. The van der Waals surface area contributed by atoms with E-state index in [9.17, 15) is 14.0 Å². The summed E-state index contributed by atoms with van der Waals surface area (Å²) >= 11 is 0. The lowest BCUT2D eigenvalue weighted by Crippen LogP contribution is -2.48. The van der Waals surface area contributed by atoms with Gasteiger partial charge in [0.1, 0.15) is 5.82 Å². The van der Waals surface area contributed by atoms with Gasteiger partial charge >= 0.3 is 12.0 Å². The summed E-state index contributed by atoms with van der Waals surface area (Å²) in [6, 6.07) is 3.71. The predicted molar refractivity (Wildman–Crippen MR) is 64.9 cm³/mol. The van der Waals surface area contributed by atoms with Crippen LogP contribution in [-0.4, -0.2) is 46.8 Å². The Kier molecular flexibility index (Phi) is 5.25. The number of urea groups is 1. The SMILES string of the molecule is CN(Cc1cccc(F)c1)C(=O)NC(CO)C(=O)O. The fraction of sp³-hybridized carbons (Fsp3) is 0.333. The minimum Gasteiger partial charge on any atom is -0.480 e. The number of nitrogens with zero attached hydrogens (tertiary/aromatic N) is 1. The second-order valence-corrected chi connectivity index (χ2v) is 4.01. The smallest absolute Gasteiger partial charge is 0.328 e. The molecule has 0 radical (unpaired) electrons. The Morgan fingerprint density at radius 1 is 1.47 bits per heavy atom. The number of amides is 2. The van der Waals surface area contributed by atoms with Crippen LogP contribution in [0.25, 0.3) is 0 Å². The van der Waals surface area contributed by atoms with Gasteiger partial charge in [-0.25, -0.2) is 14.0 Å². The minimum atomic E-state index is -1.36. The third kappa shape index (κ3) is 4.55. The first-order valence-electron chi connectivity index (χ1n) is 5.53. The third-order valence-corrected chi connectivity index (χ3v) is 2.43. The molecule has 0 heterocycles. The lowest BCUT2D eigenvalue weighted by molar-refractivity contribution is -0.140. The maximum atomic E-state index is 13.0. The van der Waals surface area contributed by atoms with E-state index < -0.39 is 30.5 Å². The molecule has 1 aromatic rings. The summed E-state index contributed by atoms with van der Waals surface area (Å²) in [4.78, 5) is 23.5.